The first-order chi connectivity index (χ1) is 44.6. The van der Waals surface area contributed by atoms with Gasteiger partial charge in [0.1, 0.15) is 23.3 Å². The summed E-state index contributed by atoms with van der Waals surface area (Å²) in [4.78, 5) is 16.3. The number of anilines is 4. The van der Waals surface area contributed by atoms with Crippen LogP contribution in [-0.4, -0.2) is 20.8 Å². The molecule has 15 aromatic rings. The van der Waals surface area contributed by atoms with Gasteiger partial charge in [0.2, 0.25) is 0 Å². The average Bonchev–Trinajstić information content (AvgIpc) is 1.52. The average molecular weight is 1150 g/mol. The fraction of sp³-hybridized carbons (Fsp3) is 0.0241. The number of aliphatic imine (C=N–C) groups is 2. The van der Waals surface area contributed by atoms with Crippen LogP contribution in [0.4, 0.5) is 34.1 Å². The van der Waals surface area contributed by atoms with Gasteiger partial charge < -0.3 is 9.13 Å². The van der Waals surface area contributed by atoms with Crippen LogP contribution in [0.15, 0.2) is 307 Å². The molecule has 418 valence electrons. The maximum absolute atomic E-state index is 13.1. The van der Waals surface area contributed by atoms with Crippen LogP contribution in [0.1, 0.15) is 39.7 Å². The molecule has 0 spiro atoms. The lowest BCUT2D eigenvalue weighted by atomic mass is 9.89. The minimum atomic E-state index is -0.277. The van der Waals surface area contributed by atoms with Gasteiger partial charge in [0.15, 0.2) is 0 Å². The van der Waals surface area contributed by atoms with Gasteiger partial charge in [0, 0.05) is 21.5 Å². The summed E-state index contributed by atoms with van der Waals surface area (Å²) in [5.41, 5.74) is 24.9. The van der Waals surface area contributed by atoms with Crippen molar-refractivity contribution in [3.8, 4) is 62.0 Å². The SMILES string of the molecule is N#Cc1c(N2C3=Nc4ccc(-c5ccccc5)cc4C3c3cc(-c4ccccc4)ccc32)c(-n2c3ccccc3c3ccccc32)cc(-n2c3ccccc3c3ccccc32)c1N1C2=Nc3ccc(-c4ccccc4)cc3C2c2cc(-c3ccccc3)ccc21. The minimum absolute atomic E-state index is 0.277. The van der Waals surface area contributed by atoms with Gasteiger partial charge in [0.25, 0.3) is 0 Å². The number of fused-ring (bicyclic) bond motifs is 16. The largest absolute Gasteiger partial charge is 0.307 e. The van der Waals surface area contributed by atoms with E-state index in [-0.39, 0.29) is 11.8 Å². The number of nitriles is 1. The second kappa shape index (κ2) is 19.4. The first-order valence-electron chi connectivity index (χ1n) is 30.8. The number of hydrogen-bond donors (Lipinski definition) is 0. The van der Waals surface area contributed by atoms with Crippen molar-refractivity contribution in [1.29, 1.82) is 5.26 Å². The Morgan fingerprint density at radius 1 is 0.278 bits per heavy atom. The molecule has 2 aromatic heterocycles. The zero-order valence-corrected chi connectivity index (χ0v) is 48.6. The Morgan fingerprint density at radius 2 is 0.578 bits per heavy atom. The fourth-order valence-electron chi connectivity index (χ4n) is 15.2. The van der Waals surface area contributed by atoms with Crippen LogP contribution in [0, 0.1) is 11.3 Å². The monoisotopic (exact) mass is 1150 g/mol. The van der Waals surface area contributed by atoms with E-state index in [1.54, 1.807) is 0 Å². The molecular formula is C83H51N7. The van der Waals surface area contributed by atoms with Crippen molar-refractivity contribution in [2.24, 2.45) is 9.98 Å². The molecule has 0 aliphatic carbocycles. The van der Waals surface area contributed by atoms with Gasteiger partial charge in [-0.05, 0) is 146 Å². The van der Waals surface area contributed by atoms with E-state index in [4.69, 9.17) is 9.98 Å². The topological polar surface area (TPSA) is 64.8 Å². The molecule has 13 aromatic carbocycles. The quantitative estimate of drug-likeness (QED) is 0.152. The van der Waals surface area contributed by atoms with Gasteiger partial charge >= 0.3 is 0 Å². The van der Waals surface area contributed by atoms with Gasteiger partial charge in [-0.3, -0.25) is 9.80 Å². The van der Waals surface area contributed by atoms with Crippen LogP contribution in [0.3, 0.4) is 0 Å². The van der Waals surface area contributed by atoms with Gasteiger partial charge in [0.05, 0.1) is 79.4 Å². The Bertz CT molecular complexity index is 5190. The summed E-state index contributed by atoms with van der Waals surface area (Å²) < 4.78 is 4.81. The zero-order chi connectivity index (χ0) is 59.1. The highest BCUT2D eigenvalue weighted by atomic mass is 15.3. The van der Waals surface area contributed by atoms with E-state index < -0.39 is 0 Å². The van der Waals surface area contributed by atoms with Gasteiger partial charge in [-0.1, -0.05) is 218 Å². The molecule has 90 heavy (non-hydrogen) atoms. The first-order valence-corrected chi connectivity index (χ1v) is 30.8. The lowest BCUT2D eigenvalue weighted by molar-refractivity contribution is 1.10. The smallest absolute Gasteiger partial charge is 0.126 e. The van der Waals surface area contributed by atoms with Crippen LogP contribution in [-0.2, 0) is 0 Å². The zero-order valence-electron chi connectivity index (χ0n) is 48.6. The van der Waals surface area contributed by atoms with Crippen LogP contribution >= 0.6 is 0 Å². The predicted molar refractivity (Wildman–Crippen MR) is 370 cm³/mol. The number of aromatic nitrogens is 2. The lowest BCUT2D eigenvalue weighted by Crippen LogP contribution is -2.29. The summed E-state index contributed by atoms with van der Waals surface area (Å²) in [6.45, 7) is 0. The fourth-order valence-corrected chi connectivity index (χ4v) is 15.2. The van der Waals surface area contributed by atoms with E-state index in [0.29, 0.717) is 5.56 Å². The lowest BCUT2D eigenvalue weighted by Gasteiger charge is -2.32. The second-order valence-corrected chi connectivity index (χ2v) is 23.9. The number of para-hydroxylation sites is 4. The van der Waals surface area contributed by atoms with Crippen molar-refractivity contribution in [2.45, 2.75) is 11.8 Å². The molecule has 0 N–H and O–H groups in total. The standard InChI is InChI=1S/C83H51N7/c84-50-67-80(89-74-43-39-57(53-25-9-3-10-26-53)47-65(74)78-63-45-55(51-21-5-1-6-22-51)37-41-68(63)85-82(78)89)76(87-70-33-17-13-29-59(70)60-30-14-18-34-71(60)87)49-77(88-72-35-19-15-31-61(72)62-32-16-20-36-73(62)88)81(67)90-75-44-40-58(54-27-11-4-12-28-54)48-66(75)79-64-46-56(52-23-7-2-8-24-52)38-42-69(64)86-83(79)90/h1-49,78-79H. The number of nitrogens with zero attached hydrogens (tertiary/aromatic N) is 7. The summed E-state index contributed by atoms with van der Waals surface area (Å²) >= 11 is 0. The molecule has 19 rings (SSSR count). The third kappa shape index (κ3) is 7.27. The Balaban J connectivity index is 0.962. The summed E-state index contributed by atoms with van der Waals surface area (Å²) in [7, 11) is 0. The third-order valence-corrected chi connectivity index (χ3v) is 19.1. The highest BCUT2D eigenvalue weighted by Crippen LogP contribution is 2.60. The summed E-state index contributed by atoms with van der Waals surface area (Å²) in [5.74, 6) is 1.13. The maximum atomic E-state index is 13.1. The van der Waals surface area contributed by atoms with E-state index in [2.05, 4.69) is 322 Å². The van der Waals surface area contributed by atoms with Crippen LogP contribution in [0.2, 0.25) is 0 Å². The van der Waals surface area contributed by atoms with E-state index in [9.17, 15) is 5.26 Å². The van der Waals surface area contributed by atoms with Crippen molar-refractivity contribution < 1.29 is 0 Å². The molecule has 0 amide bonds. The molecule has 0 radical (unpaired) electrons. The van der Waals surface area contributed by atoms with Gasteiger partial charge in [-0.15, -0.1) is 0 Å². The molecule has 6 heterocycles. The van der Waals surface area contributed by atoms with Crippen molar-refractivity contribution in [2.75, 3.05) is 9.80 Å². The third-order valence-electron chi connectivity index (χ3n) is 19.1. The number of benzene rings is 13. The molecule has 0 bridgehead atoms. The van der Waals surface area contributed by atoms with Gasteiger partial charge in [-0.25, -0.2) is 9.98 Å². The molecular weight excluding hydrogens is 1090 g/mol. The van der Waals surface area contributed by atoms with Crippen molar-refractivity contribution >= 4 is 89.4 Å². The Morgan fingerprint density at radius 3 is 0.911 bits per heavy atom. The summed E-state index contributed by atoms with van der Waals surface area (Å²) in [5, 5.41) is 17.6. The van der Waals surface area contributed by atoms with E-state index in [0.717, 1.165) is 168 Å². The van der Waals surface area contributed by atoms with E-state index in [1.807, 2.05) is 0 Å². The van der Waals surface area contributed by atoms with Crippen molar-refractivity contribution in [1.82, 2.24) is 9.13 Å². The minimum Gasteiger partial charge on any atom is -0.307 e. The Hall–Kier alpha value is -12.1. The number of rotatable bonds is 8. The molecule has 0 saturated carbocycles. The van der Waals surface area contributed by atoms with Crippen molar-refractivity contribution in [3.63, 3.8) is 0 Å². The molecule has 7 nitrogen and oxygen atoms in total. The number of amidine groups is 2. The predicted octanol–water partition coefficient (Wildman–Crippen LogP) is 21.1. The van der Waals surface area contributed by atoms with Crippen molar-refractivity contribution in [3.05, 3.63) is 325 Å². The van der Waals surface area contributed by atoms with Gasteiger partial charge in [-0.2, -0.15) is 5.26 Å². The van der Waals surface area contributed by atoms with Crippen LogP contribution in [0.5, 0.6) is 0 Å². The molecule has 7 heteroatoms. The molecule has 0 saturated heterocycles. The number of hydrogen-bond acceptors (Lipinski definition) is 5. The molecule has 0 fully saturated rings. The maximum Gasteiger partial charge on any atom is 0.126 e. The summed E-state index contributed by atoms with van der Waals surface area (Å²) in [6, 6.07) is 110. The first kappa shape index (κ1) is 50.1. The second-order valence-electron chi connectivity index (χ2n) is 23.9. The molecule has 2 unspecified atom stereocenters. The highest BCUT2D eigenvalue weighted by Gasteiger charge is 2.48. The van der Waals surface area contributed by atoms with E-state index >= 15 is 0 Å². The normalized spacial score (nSPS) is 15.0. The van der Waals surface area contributed by atoms with Crippen LogP contribution < -0.4 is 9.80 Å². The molecule has 4 aliphatic rings. The van der Waals surface area contributed by atoms with Crippen LogP contribution in [0.25, 0.3) is 99.5 Å². The Labute approximate surface area is 519 Å². The van der Waals surface area contributed by atoms with E-state index in [1.165, 1.54) is 0 Å². The summed E-state index contributed by atoms with van der Waals surface area (Å²) in [6.07, 6.45) is 0. The Kier molecular flexibility index (Phi) is 10.8. The molecule has 4 aliphatic heterocycles. The highest BCUT2D eigenvalue weighted by molar-refractivity contribution is 6.25. The molecule has 2 atom stereocenters.